The standard InChI is InChI=1S/C13H27NO/c1-6-12(7-2)14(9-11(4)5)10-13(15)8-3/h11-12H,6-10H2,1-5H3. The molecule has 0 bridgehead atoms. The molecule has 2 heteroatoms. The van der Waals surface area contributed by atoms with Gasteiger partial charge in [-0.3, -0.25) is 9.69 Å². The zero-order valence-electron chi connectivity index (χ0n) is 11.0. The molecule has 90 valence electrons. The highest BCUT2D eigenvalue weighted by atomic mass is 16.1. The Hall–Kier alpha value is -0.370. The second-order valence-electron chi connectivity index (χ2n) is 4.69. The van der Waals surface area contributed by atoms with Gasteiger partial charge in [-0.05, 0) is 18.8 Å². The molecule has 0 rings (SSSR count). The van der Waals surface area contributed by atoms with E-state index in [2.05, 4.69) is 32.6 Å². The normalized spacial score (nSPS) is 11.7. The SMILES string of the molecule is CCC(=O)CN(CC(C)C)C(CC)CC. The third-order valence-electron chi connectivity index (χ3n) is 2.83. The van der Waals surface area contributed by atoms with E-state index in [9.17, 15) is 4.79 Å². The van der Waals surface area contributed by atoms with Gasteiger partial charge in [0.05, 0.1) is 6.54 Å². The average molecular weight is 213 g/mol. The van der Waals surface area contributed by atoms with E-state index < -0.39 is 0 Å². The van der Waals surface area contributed by atoms with Crippen molar-refractivity contribution in [2.24, 2.45) is 5.92 Å². The number of nitrogens with zero attached hydrogens (tertiary/aromatic N) is 1. The van der Waals surface area contributed by atoms with Crippen molar-refractivity contribution < 1.29 is 4.79 Å². The molecule has 0 aliphatic heterocycles. The number of carbonyl (C=O) groups is 1. The highest BCUT2D eigenvalue weighted by Crippen LogP contribution is 2.11. The second kappa shape index (κ2) is 7.86. The van der Waals surface area contributed by atoms with E-state index in [1.165, 1.54) is 0 Å². The third kappa shape index (κ3) is 5.93. The summed E-state index contributed by atoms with van der Waals surface area (Å²) < 4.78 is 0. The first kappa shape index (κ1) is 14.6. The van der Waals surface area contributed by atoms with E-state index in [1.807, 2.05) is 6.92 Å². The molecular weight excluding hydrogens is 186 g/mol. The van der Waals surface area contributed by atoms with Crippen molar-refractivity contribution in [1.29, 1.82) is 0 Å². The molecule has 0 saturated heterocycles. The molecule has 0 aliphatic rings. The van der Waals surface area contributed by atoms with Crippen LogP contribution in [0.3, 0.4) is 0 Å². The van der Waals surface area contributed by atoms with Crippen LogP contribution in [0.2, 0.25) is 0 Å². The van der Waals surface area contributed by atoms with Crippen molar-refractivity contribution in [3.05, 3.63) is 0 Å². The quantitative estimate of drug-likeness (QED) is 0.617. The number of ketones is 1. The van der Waals surface area contributed by atoms with Gasteiger partial charge in [0.2, 0.25) is 0 Å². The first-order valence-electron chi connectivity index (χ1n) is 6.30. The molecule has 0 fully saturated rings. The van der Waals surface area contributed by atoms with Gasteiger partial charge in [0, 0.05) is 19.0 Å². The van der Waals surface area contributed by atoms with E-state index in [0.717, 1.165) is 19.4 Å². The lowest BCUT2D eigenvalue weighted by atomic mass is 10.1. The minimum absolute atomic E-state index is 0.363. The predicted octanol–water partition coefficient (Wildman–Crippen LogP) is 3.11. The predicted molar refractivity (Wildman–Crippen MR) is 66.1 cm³/mol. The Morgan fingerprint density at radius 1 is 1.13 bits per heavy atom. The first-order valence-corrected chi connectivity index (χ1v) is 6.30. The van der Waals surface area contributed by atoms with Crippen molar-refractivity contribution in [2.75, 3.05) is 13.1 Å². The Morgan fingerprint density at radius 2 is 1.67 bits per heavy atom. The van der Waals surface area contributed by atoms with Crippen LogP contribution in [0, 0.1) is 5.92 Å². The van der Waals surface area contributed by atoms with Crippen molar-refractivity contribution in [2.45, 2.75) is 59.9 Å². The van der Waals surface area contributed by atoms with E-state index >= 15 is 0 Å². The molecule has 0 aromatic heterocycles. The van der Waals surface area contributed by atoms with Crippen LogP contribution in [0.1, 0.15) is 53.9 Å². The van der Waals surface area contributed by atoms with Crippen molar-refractivity contribution in [3.8, 4) is 0 Å². The molecule has 0 saturated carbocycles. The maximum Gasteiger partial charge on any atom is 0.146 e. The Balaban J connectivity index is 4.34. The van der Waals surface area contributed by atoms with E-state index in [0.29, 0.717) is 30.7 Å². The van der Waals surface area contributed by atoms with E-state index in [4.69, 9.17) is 0 Å². The molecule has 2 nitrogen and oxygen atoms in total. The Kier molecular flexibility index (Phi) is 7.67. The lowest BCUT2D eigenvalue weighted by Gasteiger charge is -2.31. The molecule has 0 unspecified atom stereocenters. The van der Waals surface area contributed by atoms with Crippen molar-refractivity contribution in [1.82, 2.24) is 4.90 Å². The van der Waals surface area contributed by atoms with Crippen molar-refractivity contribution >= 4 is 5.78 Å². The molecule has 0 spiro atoms. The van der Waals surface area contributed by atoms with Gasteiger partial charge in [0.1, 0.15) is 5.78 Å². The van der Waals surface area contributed by atoms with Gasteiger partial charge in [-0.2, -0.15) is 0 Å². The maximum atomic E-state index is 11.5. The highest BCUT2D eigenvalue weighted by molar-refractivity contribution is 5.80. The van der Waals surface area contributed by atoms with Crippen LogP contribution in [0.25, 0.3) is 0 Å². The van der Waals surface area contributed by atoms with Gasteiger partial charge in [0.15, 0.2) is 0 Å². The molecule has 0 aromatic carbocycles. The lowest BCUT2D eigenvalue weighted by molar-refractivity contribution is -0.120. The lowest BCUT2D eigenvalue weighted by Crippen LogP contribution is -2.40. The van der Waals surface area contributed by atoms with Crippen LogP contribution < -0.4 is 0 Å². The summed E-state index contributed by atoms with van der Waals surface area (Å²) in [6.45, 7) is 12.5. The minimum atomic E-state index is 0.363. The van der Waals surface area contributed by atoms with Crippen molar-refractivity contribution in [3.63, 3.8) is 0 Å². The number of Topliss-reactive ketones (excluding diaryl/α,β-unsaturated/α-hetero) is 1. The Labute approximate surface area is 95.0 Å². The van der Waals surface area contributed by atoms with Crippen LogP contribution in [0.4, 0.5) is 0 Å². The summed E-state index contributed by atoms with van der Waals surface area (Å²) in [5.41, 5.74) is 0. The van der Waals surface area contributed by atoms with Crippen LogP contribution in [-0.2, 0) is 4.79 Å². The second-order valence-corrected chi connectivity index (χ2v) is 4.69. The van der Waals surface area contributed by atoms with Gasteiger partial charge in [0.25, 0.3) is 0 Å². The minimum Gasteiger partial charge on any atom is -0.298 e. The summed E-state index contributed by atoms with van der Waals surface area (Å²) in [4.78, 5) is 13.9. The molecule has 0 aliphatic carbocycles. The third-order valence-corrected chi connectivity index (χ3v) is 2.83. The summed E-state index contributed by atoms with van der Waals surface area (Å²) in [5.74, 6) is 0.998. The summed E-state index contributed by atoms with van der Waals surface area (Å²) in [5, 5.41) is 0. The molecule has 0 N–H and O–H groups in total. The van der Waals surface area contributed by atoms with Gasteiger partial charge in [-0.15, -0.1) is 0 Å². The molecular formula is C13H27NO. The van der Waals surface area contributed by atoms with E-state index in [-0.39, 0.29) is 0 Å². The largest absolute Gasteiger partial charge is 0.298 e. The molecule has 0 radical (unpaired) electrons. The Bertz CT molecular complexity index is 173. The molecule has 0 aromatic rings. The zero-order chi connectivity index (χ0) is 11.8. The number of carbonyl (C=O) groups excluding carboxylic acids is 1. The molecule has 0 heterocycles. The van der Waals surface area contributed by atoms with Crippen LogP contribution in [-0.4, -0.2) is 29.8 Å². The fraction of sp³-hybridized carbons (Fsp3) is 0.923. The summed E-state index contributed by atoms with van der Waals surface area (Å²) in [7, 11) is 0. The highest BCUT2D eigenvalue weighted by Gasteiger charge is 2.18. The molecule has 15 heavy (non-hydrogen) atoms. The maximum absolute atomic E-state index is 11.5. The van der Waals surface area contributed by atoms with Gasteiger partial charge in [-0.25, -0.2) is 0 Å². The summed E-state index contributed by atoms with van der Waals surface area (Å²) >= 11 is 0. The fourth-order valence-corrected chi connectivity index (χ4v) is 1.96. The number of hydrogen-bond acceptors (Lipinski definition) is 2. The Morgan fingerprint density at radius 3 is 2.00 bits per heavy atom. The van der Waals surface area contributed by atoms with Gasteiger partial charge >= 0.3 is 0 Å². The van der Waals surface area contributed by atoms with E-state index in [1.54, 1.807) is 0 Å². The molecule has 0 amide bonds. The van der Waals surface area contributed by atoms with Crippen LogP contribution in [0.5, 0.6) is 0 Å². The monoisotopic (exact) mass is 213 g/mol. The first-order chi connectivity index (χ1) is 7.04. The summed E-state index contributed by atoms with van der Waals surface area (Å²) in [6.07, 6.45) is 2.94. The summed E-state index contributed by atoms with van der Waals surface area (Å²) in [6, 6.07) is 0.572. The van der Waals surface area contributed by atoms with Gasteiger partial charge in [-0.1, -0.05) is 34.6 Å². The zero-order valence-corrected chi connectivity index (χ0v) is 11.0. The topological polar surface area (TPSA) is 20.3 Å². The molecule has 0 atom stereocenters. The number of rotatable bonds is 8. The average Bonchev–Trinajstić information content (AvgIpc) is 2.18. The van der Waals surface area contributed by atoms with Crippen LogP contribution in [0.15, 0.2) is 0 Å². The van der Waals surface area contributed by atoms with Crippen LogP contribution >= 0.6 is 0 Å². The van der Waals surface area contributed by atoms with Gasteiger partial charge < -0.3 is 0 Å². The smallest absolute Gasteiger partial charge is 0.146 e. The number of hydrogen-bond donors (Lipinski definition) is 0. The fourth-order valence-electron chi connectivity index (χ4n) is 1.96.